The van der Waals surface area contributed by atoms with Crippen LogP contribution in [0.25, 0.3) is 0 Å². The molecule has 0 saturated carbocycles. The van der Waals surface area contributed by atoms with Crippen molar-refractivity contribution in [2.24, 2.45) is 0 Å². The maximum Gasteiger partial charge on any atom is 0.264 e. The van der Waals surface area contributed by atoms with Crippen molar-refractivity contribution < 1.29 is 17.9 Å². The van der Waals surface area contributed by atoms with Crippen molar-refractivity contribution in [3.05, 3.63) is 120 Å². The van der Waals surface area contributed by atoms with E-state index >= 15 is 0 Å². The van der Waals surface area contributed by atoms with Gasteiger partial charge in [-0.3, -0.25) is 14.1 Å². The van der Waals surface area contributed by atoms with Gasteiger partial charge in [-0.1, -0.05) is 36.4 Å². The molecule has 0 spiro atoms. The number of rotatable bonds is 8. The summed E-state index contributed by atoms with van der Waals surface area (Å²) >= 11 is 0. The number of ether oxygens (including phenoxy) is 1. The molecule has 35 heavy (non-hydrogen) atoms. The lowest BCUT2D eigenvalue weighted by atomic mass is 9.99. The van der Waals surface area contributed by atoms with Gasteiger partial charge in [0.1, 0.15) is 5.75 Å². The lowest BCUT2D eigenvalue weighted by Gasteiger charge is -2.21. The van der Waals surface area contributed by atoms with Crippen LogP contribution in [0, 0.1) is 0 Å². The summed E-state index contributed by atoms with van der Waals surface area (Å²) in [5, 5.41) is 3.03. The zero-order chi connectivity index (χ0) is 24.8. The second kappa shape index (κ2) is 10.4. The molecule has 7 nitrogen and oxygen atoms in total. The minimum absolute atomic E-state index is 0.0173. The summed E-state index contributed by atoms with van der Waals surface area (Å²) in [5.41, 5.74) is 2.48. The van der Waals surface area contributed by atoms with Gasteiger partial charge in [-0.05, 0) is 65.7 Å². The maximum absolute atomic E-state index is 13.3. The standard InChI is InChI=1S/C27H25N3O4S/c1-30(23-11-13-24(34-2)14-12-23)35(32,33)25-10-6-9-22(19-25)27(31)29-26(20-7-4-3-5-8-20)21-15-17-28-18-16-21/h3-19,26H,1-2H3,(H,29,31). The van der Waals surface area contributed by atoms with Crippen LogP contribution in [0.3, 0.4) is 0 Å². The fourth-order valence-corrected chi connectivity index (χ4v) is 4.90. The number of nitrogens with zero attached hydrogens (tertiary/aromatic N) is 2. The Balaban J connectivity index is 1.61. The van der Waals surface area contributed by atoms with Gasteiger partial charge in [0.05, 0.1) is 23.7 Å². The number of hydrogen-bond donors (Lipinski definition) is 1. The number of amides is 1. The molecule has 3 aromatic carbocycles. The molecule has 0 bridgehead atoms. The number of carbonyl (C=O) groups is 1. The summed E-state index contributed by atoms with van der Waals surface area (Å²) in [5.74, 6) is 0.236. The van der Waals surface area contributed by atoms with Gasteiger partial charge in [0.25, 0.3) is 15.9 Å². The molecule has 0 saturated heterocycles. The molecular formula is C27H25N3O4S. The zero-order valence-electron chi connectivity index (χ0n) is 19.3. The first kappa shape index (κ1) is 24.0. The summed E-state index contributed by atoms with van der Waals surface area (Å²) in [7, 11) is -0.880. The molecule has 0 aliphatic heterocycles. The van der Waals surface area contributed by atoms with Crippen LogP contribution in [0.15, 0.2) is 108 Å². The molecule has 1 N–H and O–H groups in total. The molecular weight excluding hydrogens is 462 g/mol. The highest BCUT2D eigenvalue weighted by Crippen LogP contribution is 2.26. The highest BCUT2D eigenvalue weighted by atomic mass is 32.2. The van der Waals surface area contributed by atoms with Gasteiger partial charge in [0.15, 0.2) is 0 Å². The van der Waals surface area contributed by atoms with E-state index < -0.39 is 16.1 Å². The fourth-order valence-electron chi connectivity index (χ4n) is 3.66. The molecule has 0 fully saturated rings. The smallest absolute Gasteiger partial charge is 0.264 e. The quantitative estimate of drug-likeness (QED) is 0.397. The average Bonchev–Trinajstić information content (AvgIpc) is 2.92. The van der Waals surface area contributed by atoms with Gasteiger partial charge in [0, 0.05) is 25.0 Å². The van der Waals surface area contributed by atoms with Gasteiger partial charge in [-0.25, -0.2) is 8.42 Å². The normalized spacial score (nSPS) is 11.9. The number of aromatic nitrogens is 1. The number of nitrogens with one attached hydrogen (secondary N) is 1. The van der Waals surface area contributed by atoms with Gasteiger partial charge >= 0.3 is 0 Å². The van der Waals surface area contributed by atoms with Crippen LogP contribution < -0.4 is 14.4 Å². The van der Waals surface area contributed by atoms with E-state index in [2.05, 4.69) is 10.3 Å². The largest absolute Gasteiger partial charge is 0.497 e. The molecule has 1 aromatic heterocycles. The number of methoxy groups -OCH3 is 1. The van der Waals surface area contributed by atoms with Crippen LogP contribution in [-0.4, -0.2) is 33.5 Å². The van der Waals surface area contributed by atoms with Crippen molar-refractivity contribution in [2.75, 3.05) is 18.5 Å². The molecule has 4 aromatic rings. The molecule has 0 radical (unpaired) electrons. The summed E-state index contributed by atoms with van der Waals surface area (Å²) in [6, 6.07) is 25.5. The second-order valence-electron chi connectivity index (χ2n) is 7.80. The molecule has 1 atom stereocenters. The van der Waals surface area contributed by atoms with Crippen LogP contribution in [0.2, 0.25) is 0 Å². The molecule has 0 aliphatic carbocycles. The Morgan fingerprint density at radius 1 is 0.886 bits per heavy atom. The number of sulfonamides is 1. The Labute approximate surface area is 205 Å². The summed E-state index contributed by atoms with van der Waals surface area (Å²) < 4.78 is 32.9. The predicted molar refractivity (Wildman–Crippen MR) is 135 cm³/mol. The van der Waals surface area contributed by atoms with Crippen LogP contribution >= 0.6 is 0 Å². The summed E-state index contributed by atoms with van der Waals surface area (Å²) in [6.07, 6.45) is 3.33. The van der Waals surface area contributed by atoms with E-state index in [-0.39, 0.29) is 16.4 Å². The minimum Gasteiger partial charge on any atom is -0.497 e. The Kier molecular flexibility index (Phi) is 7.12. The number of anilines is 1. The van der Waals surface area contributed by atoms with Crippen LogP contribution in [0.4, 0.5) is 5.69 Å². The zero-order valence-corrected chi connectivity index (χ0v) is 20.1. The molecule has 1 unspecified atom stereocenters. The third kappa shape index (κ3) is 5.33. The van der Waals surface area contributed by atoms with Gasteiger partial charge in [-0.2, -0.15) is 0 Å². The van der Waals surface area contributed by atoms with E-state index in [1.54, 1.807) is 55.9 Å². The monoisotopic (exact) mass is 487 g/mol. The summed E-state index contributed by atoms with van der Waals surface area (Å²) in [6.45, 7) is 0. The van der Waals surface area contributed by atoms with Crippen molar-refractivity contribution in [1.82, 2.24) is 10.3 Å². The van der Waals surface area contributed by atoms with Gasteiger partial charge in [0.2, 0.25) is 0 Å². The van der Waals surface area contributed by atoms with Crippen LogP contribution in [0.5, 0.6) is 5.75 Å². The number of hydrogen-bond acceptors (Lipinski definition) is 5. The molecule has 0 aliphatic rings. The molecule has 1 heterocycles. The Hall–Kier alpha value is -4.17. The van der Waals surface area contributed by atoms with Crippen molar-refractivity contribution in [2.45, 2.75) is 10.9 Å². The van der Waals surface area contributed by atoms with E-state index in [9.17, 15) is 13.2 Å². The number of carbonyl (C=O) groups excluding carboxylic acids is 1. The van der Waals surface area contributed by atoms with Crippen molar-refractivity contribution >= 4 is 21.6 Å². The molecule has 178 valence electrons. The highest BCUT2D eigenvalue weighted by molar-refractivity contribution is 7.92. The van der Waals surface area contributed by atoms with E-state index in [1.807, 2.05) is 42.5 Å². The molecule has 1 amide bonds. The van der Waals surface area contributed by atoms with Gasteiger partial charge in [-0.15, -0.1) is 0 Å². The lowest BCUT2D eigenvalue weighted by Crippen LogP contribution is -2.30. The van der Waals surface area contributed by atoms with Gasteiger partial charge < -0.3 is 10.1 Å². The number of pyridine rings is 1. The van der Waals surface area contributed by atoms with Crippen molar-refractivity contribution in [3.63, 3.8) is 0 Å². The molecule has 4 rings (SSSR count). The van der Waals surface area contributed by atoms with Crippen molar-refractivity contribution in [1.29, 1.82) is 0 Å². The van der Waals surface area contributed by atoms with E-state index in [4.69, 9.17) is 4.74 Å². The van der Waals surface area contributed by atoms with E-state index in [1.165, 1.54) is 23.5 Å². The Morgan fingerprint density at radius 3 is 2.20 bits per heavy atom. The SMILES string of the molecule is COc1ccc(N(C)S(=O)(=O)c2cccc(C(=O)NC(c3ccccc3)c3ccncc3)c2)cc1. The molecule has 8 heteroatoms. The Bertz CT molecular complexity index is 1350. The van der Waals surface area contributed by atoms with E-state index in [0.29, 0.717) is 11.4 Å². The van der Waals surface area contributed by atoms with Crippen molar-refractivity contribution in [3.8, 4) is 5.75 Å². The fraction of sp³-hybridized carbons (Fsp3) is 0.111. The second-order valence-corrected chi connectivity index (χ2v) is 9.77. The maximum atomic E-state index is 13.3. The first-order valence-electron chi connectivity index (χ1n) is 10.9. The van der Waals surface area contributed by atoms with Crippen LogP contribution in [-0.2, 0) is 10.0 Å². The van der Waals surface area contributed by atoms with E-state index in [0.717, 1.165) is 11.1 Å². The van der Waals surface area contributed by atoms with Crippen LogP contribution in [0.1, 0.15) is 27.5 Å². The first-order chi connectivity index (χ1) is 16.9. The first-order valence-corrected chi connectivity index (χ1v) is 12.3. The predicted octanol–water partition coefficient (Wildman–Crippen LogP) is 4.43. The third-order valence-corrected chi connectivity index (χ3v) is 7.42. The highest BCUT2D eigenvalue weighted by Gasteiger charge is 2.24. The Morgan fingerprint density at radius 2 is 1.54 bits per heavy atom. The topological polar surface area (TPSA) is 88.6 Å². The number of benzene rings is 3. The third-order valence-electron chi connectivity index (χ3n) is 5.64. The lowest BCUT2D eigenvalue weighted by molar-refractivity contribution is 0.0942. The minimum atomic E-state index is -3.90. The summed E-state index contributed by atoms with van der Waals surface area (Å²) in [4.78, 5) is 17.3. The average molecular weight is 488 g/mol.